The number of halogens is 3. The van der Waals surface area contributed by atoms with Gasteiger partial charge in [-0.25, -0.2) is 4.39 Å². The summed E-state index contributed by atoms with van der Waals surface area (Å²) < 4.78 is 53.2. The highest BCUT2D eigenvalue weighted by atomic mass is 32.2. The van der Waals surface area contributed by atoms with E-state index in [-0.39, 0.29) is 40.8 Å². The first-order chi connectivity index (χ1) is 16.2. The zero-order chi connectivity index (χ0) is 24.8. The highest BCUT2D eigenvalue weighted by molar-refractivity contribution is 8.18. The molecule has 0 saturated carbocycles. The minimum absolute atomic E-state index is 0.0294. The molecule has 1 aliphatic rings. The van der Waals surface area contributed by atoms with Crippen molar-refractivity contribution < 1.29 is 41.8 Å². The van der Waals surface area contributed by atoms with E-state index in [4.69, 9.17) is 9.47 Å². The quantitative estimate of drug-likeness (QED) is 0.526. The summed E-state index contributed by atoms with van der Waals surface area (Å²) in [6.07, 6.45) is 1.41. The van der Waals surface area contributed by atoms with E-state index in [2.05, 4.69) is 10.1 Å². The molecule has 2 aromatic carbocycles. The zero-order valence-corrected chi connectivity index (χ0v) is 18.8. The second kappa shape index (κ2) is 11.0. The molecule has 8 nitrogen and oxygen atoms in total. The highest BCUT2D eigenvalue weighted by Gasteiger charge is 2.34. The molecular formula is C22H19F3N2O6S. The lowest BCUT2D eigenvalue weighted by Gasteiger charge is -2.13. The third-order valence-corrected chi connectivity index (χ3v) is 5.52. The Bertz CT molecular complexity index is 1140. The van der Waals surface area contributed by atoms with Crippen molar-refractivity contribution >= 4 is 34.9 Å². The van der Waals surface area contributed by atoms with E-state index in [1.165, 1.54) is 50.6 Å². The summed E-state index contributed by atoms with van der Waals surface area (Å²) >= 11 is 0.687. The Morgan fingerprint density at radius 1 is 1.12 bits per heavy atom. The summed E-state index contributed by atoms with van der Waals surface area (Å²) in [5.74, 6) is -1.96. The van der Waals surface area contributed by atoms with Crippen LogP contribution in [0, 0.1) is 5.82 Å². The Balaban J connectivity index is 1.63. The Hall–Kier alpha value is -3.67. The number of benzene rings is 2. The Labute approximate surface area is 196 Å². The van der Waals surface area contributed by atoms with Gasteiger partial charge in [-0.1, -0.05) is 6.07 Å². The molecule has 12 heteroatoms. The van der Waals surface area contributed by atoms with Gasteiger partial charge in [-0.2, -0.15) is 8.78 Å². The molecule has 180 valence electrons. The van der Waals surface area contributed by atoms with Gasteiger partial charge in [-0.05, 0) is 47.7 Å². The van der Waals surface area contributed by atoms with Gasteiger partial charge >= 0.3 is 6.61 Å². The van der Waals surface area contributed by atoms with Crippen LogP contribution in [0.15, 0.2) is 41.3 Å². The number of thioether (sulfide) groups is 1. The van der Waals surface area contributed by atoms with Crippen LogP contribution in [0.3, 0.4) is 0 Å². The lowest BCUT2D eigenvalue weighted by molar-refractivity contribution is -0.122. The summed E-state index contributed by atoms with van der Waals surface area (Å²) in [6, 6.07) is 7.83. The van der Waals surface area contributed by atoms with E-state index < -0.39 is 29.5 Å². The topological polar surface area (TPSA) is 94.2 Å². The Morgan fingerprint density at radius 3 is 2.53 bits per heavy atom. The minimum Gasteiger partial charge on any atom is -0.497 e. The number of nitrogens with zero attached hydrogens (tertiary/aromatic N) is 1. The van der Waals surface area contributed by atoms with E-state index in [0.29, 0.717) is 17.3 Å². The van der Waals surface area contributed by atoms with Crippen LogP contribution >= 0.6 is 11.8 Å². The molecule has 3 amide bonds. The van der Waals surface area contributed by atoms with Crippen molar-refractivity contribution in [1.29, 1.82) is 0 Å². The fourth-order valence-electron chi connectivity index (χ4n) is 2.99. The molecule has 1 fully saturated rings. The molecule has 0 radical (unpaired) electrons. The molecule has 0 unspecified atom stereocenters. The Morgan fingerprint density at radius 2 is 1.88 bits per heavy atom. The second-order valence-corrected chi connectivity index (χ2v) is 7.72. The second-order valence-electron chi connectivity index (χ2n) is 6.72. The molecule has 1 heterocycles. The summed E-state index contributed by atoms with van der Waals surface area (Å²) in [5, 5.41) is 1.91. The van der Waals surface area contributed by atoms with Gasteiger partial charge in [-0.3, -0.25) is 19.3 Å². The third-order valence-electron chi connectivity index (χ3n) is 4.62. The van der Waals surface area contributed by atoms with E-state index in [1.54, 1.807) is 0 Å². The van der Waals surface area contributed by atoms with Crippen LogP contribution in [0.25, 0.3) is 6.08 Å². The molecule has 0 bridgehead atoms. The fraction of sp³-hybridized carbons (Fsp3) is 0.227. The molecule has 0 aliphatic carbocycles. The first kappa shape index (κ1) is 25.0. The van der Waals surface area contributed by atoms with Gasteiger partial charge in [0.2, 0.25) is 0 Å². The highest BCUT2D eigenvalue weighted by Crippen LogP contribution is 2.34. The number of amides is 3. The van der Waals surface area contributed by atoms with Crippen LogP contribution in [0.1, 0.15) is 15.9 Å². The molecule has 3 rings (SSSR count). The molecule has 1 N–H and O–H groups in total. The summed E-state index contributed by atoms with van der Waals surface area (Å²) in [5.41, 5.74) is 0.218. The first-order valence-electron chi connectivity index (χ1n) is 9.73. The smallest absolute Gasteiger partial charge is 0.387 e. The number of nitrogens with one attached hydrogen (secondary N) is 1. The maximum absolute atomic E-state index is 14.0. The average molecular weight is 496 g/mol. The van der Waals surface area contributed by atoms with Crippen molar-refractivity contribution in [3.05, 3.63) is 58.2 Å². The molecule has 0 atom stereocenters. The molecule has 34 heavy (non-hydrogen) atoms. The van der Waals surface area contributed by atoms with E-state index in [9.17, 15) is 27.6 Å². The number of rotatable bonds is 9. The summed E-state index contributed by atoms with van der Waals surface area (Å²) in [6.45, 7) is -3.25. The number of carbonyl (C=O) groups is 3. The lowest BCUT2D eigenvalue weighted by atomic mass is 10.2. The molecule has 2 aromatic rings. The van der Waals surface area contributed by atoms with Crippen molar-refractivity contribution in [2.24, 2.45) is 0 Å². The lowest BCUT2D eigenvalue weighted by Crippen LogP contribution is -2.37. The largest absolute Gasteiger partial charge is 0.497 e. The predicted molar refractivity (Wildman–Crippen MR) is 118 cm³/mol. The van der Waals surface area contributed by atoms with Crippen molar-refractivity contribution in [1.82, 2.24) is 10.2 Å². The van der Waals surface area contributed by atoms with Crippen LogP contribution in [0.4, 0.5) is 18.0 Å². The maximum atomic E-state index is 14.0. The number of alkyl halides is 2. The van der Waals surface area contributed by atoms with Gasteiger partial charge < -0.3 is 19.5 Å². The predicted octanol–water partition coefficient (Wildman–Crippen LogP) is 3.91. The summed E-state index contributed by atoms with van der Waals surface area (Å²) in [7, 11) is 2.64. The van der Waals surface area contributed by atoms with Crippen LogP contribution < -0.4 is 19.5 Å². The monoisotopic (exact) mass is 496 g/mol. The molecule has 1 aliphatic heterocycles. The van der Waals surface area contributed by atoms with Crippen LogP contribution in [-0.4, -0.2) is 55.9 Å². The van der Waals surface area contributed by atoms with Gasteiger partial charge in [0.15, 0.2) is 11.5 Å². The van der Waals surface area contributed by atoms with Gasteiger partial charge in [0, 0.05) is 19.2 Å². The summed E-state index contributed by atoms with van der Waals surface area (Å²) in [4.78, 5) is 38.1. The fourth-order valence-corrected chi connectivity index (χ4v) is 3.86. The number of ether oxygens (including phenoxy) is 3. The number of hydrogen-bond donors (Lipinski definition) is 1. The van der Waals surface area contributed by atoms with E-state index in [1.807, 2.05) is 0 Å². The standard InChI is InChI=1S/C22H19F3N2O6S/c1-31-13-4-5-14(15(23)11-13)19(28)26-7-8-27-20(29)18(34-22(27)30)10-12-3-6-16(33-21(24)25)17(9-12)32-2/h3-6,9-11,21H,7-8H2,1-2H3,(H,26,28)/b18-10-. The number of imide groups is 1. The van der Waals surface area contributed by atoms with Gasteiger partial charge in [0.1, 0.15) is 11.6 Å². The van der Waals surface area contributed by atoms with Gasteiger partial charge in [0.25, 0.3) is 17.1 Å². The molecular weight excluding hydrogens is 477 g/mol. The maximum Gasteiger partial charge on any atom is 0.387 e. The van der Waals surface area contributed by atoms with Crippen molar-refractivity contribution in [2.75, 3.05) is 27.3 Å². The number of methoxy groups -OCH3 is 2. The van der Waals surface area contributed by atoms with Crippen molar-refractivity contribution in [3.63, 3.8) is 0 Å². The minimum atomic E-state index is -3.03. The third kappa shape index (κ3) is 5.81. The molecule has 0 spiro atoms. The molecule has 0 aromatic heterocycles. The van der Waals surface area contributed by atoms with Crippen molar-refractivity contribution in [2.45, 2.75) is 6.61 Å². The van der Waals surface area contributed by atoms with E-state index >= 15 is 0 Å². The van der Waals surface area contributed by atoms with Gasteiger partial charge in [0.05, 0.1) is 24.7 Å². The van der Waals surface area contributed by atoms with Crippen LogP contribution in [-0.2, 0) is 4.79 Å². The molecule has 1 saturated heterocycles. The van der Waals surface area contributed by atoms with Crippen LogP contribution in [0.5, 0.6) is 17.2 Å². The average Bonchev–Trinajstić information content (AvgIpc) is 3.06. The SMILES string of the molecule is COc1ccc(C(=O)NCCN2C(=O)S/C(=C\c3ccc(OC(F)F)c(OC)c3)C2=O)c(F)c1. The Kier molecular flexibility index (Phi) is 8.05. The van der Waals surface area contributed by atoms with E-state index in [0.717, 1.165) is 11.0 Å². The number of carbonyl (C=O) groups excluding carboxylic acids is 3. The normalized spacial score (nSPS) is 14.6. The first-order valence-corrected chi connectivity index (χ1v) is 10.5. The van der Waals surface area contributed by atoms with Crippen molar-refractivity contribution in [3.8, 4) is 17.2 Å². The van der Waals surface area contributed by atoms with Gasteiger partial charge in [-0.15, -0.1) is 0 Å². The van der Waals surface area contributed by atoms with Crippen LogP contribution in [0.2, 0.25) is 0 Å². The number of hydrogen-bond acceptors (Lipinski definition) is 7. The zero-order valence-electron chi connectivity index (χ0n) is 18.0.